The fourth-order valence-corrected chi connectivity index (χ4v) is 5.64. The van der Waals surface area contributed by atoms with Gasteiger partial charge in [-0.2, -0.15) is 0 Å². The molecule has 1 unspecified atom stereocenters. The van der Waals surface area contributed by atoms with E-state index < -0.39 is 21.1 Å². The SMILES string of the molecule is O=C1C(=Cc2ccc(Cl)cc2Cl)S(=O)(=O)C(c2ccccc2)N1c1ccccc1. The standard InChI is InChI=1S/C22H15Cl2NO3S/c23-17-12-11-16(19(24)14-17)13-20-21(26)25(18-9-5-2-6-10-18)22(29(20,27)28)15-7-3-1-4-8-15/h1-14,22H. The second kappa shape index (κ2) is 7.67. The molecule has 1 heterocycles. The Balaban J connectivity index is 1.93. The van der Waals surface area contributed by atoms with Crippen molar-refractivity contribution < 1.29 is 13.2 Å². The molecular formula is C22H15Cl2NO3S. The monoisotopic (exact) mass is 443 g/mol. The van der Waals surface area contributed by atoms with Crippen LogP contribution >= 0.6 is 23.2 Å². The number of benzene rings is 3. The third kappa shape index (κ3) is 3.57. The maximum Gasteiger partial charge on any atom is 0.271 e. The molecule has 146 valence electrons. The molecule has 4 nitrogen and oxygen atoms in total. The molecule has 0 aromatic heterocycles. The Morgan fingerprint density at radius 1 is 0.862 bits per heavy atom. The second-order valence-electron chi connectivity index (χ2n) is 6.49. The number of carbonyl (C=O) groups excluding carboxylic acids is 1. The Kier molecular flexibility index (Phi) is 5.21. The van der Waals surface area contributed by atoms with Crippen LogP contribution in [-0.2, 0) is 14.6 Å². The third-order valence-corrected chi connectivity index (χ3v) is 7.17. The molecule has 0 radical (unpaired) electrons. The Labute approximate surface area is 178 Å². The number of nitrogens with zero attached hydrogens (tertiary/aromatic N) is 1. The van der Waals surface area contributed by atoms with E-state index in [2.05, 4.69) is 0 Å². The van der Waals surface area contributed by atoms with Gasteiger partial charge in [-0.3, -0.25) is 9.69 Å². The van der Waals surface area contributed by atoms with Crippen LogP contribution in [0.2, 0.25) is 10.0 Å². The molecule has 0 bridgehead atoms. The van der Waals surface area contributed by atoms with Gasteiger partial charge in [-0.05, 0) is 41.5 Å². The van der Waals surface area contributed by atoms with Crippen molar-refractivity contribution in [3.05, 3.63) is 105 Å². The quantitative estimate of drug-likeness (QED) is 0.502. The maximum atomic E-state index is 13.5. The molecule has 3 aromatic carbocycles. The van der Waals surface area contributed by atoms with E-state index in [-0.39, 0.29) is 9.93 Å². The molecule has 1 fully saturated rings. The molecule has 0 aliphatic carbocycles. The number of carbonyl (C=O) groups is 1. The van der Waals surface area contributed by atoms with Crippen LogP contribution in [0.1, 0.15) is 16.5 Å². The maximum absolute atomic E-state index is 13.5. The highest BCUT2D eigenvalue weighted by molar-refractivity contribution is 7.97. The van der Waals surface area contributed by atoms with Crippen LogP contribution in [0, 0.1) is 0 Å². The van der Waals surface area contributed by atoms with Crippen LogP contribution in [0.25, 0.3) is 6.08 Å². The minimum Gasteiger partial charge on any atom is -0.286 e. The number of sulfone groups is 1. The normalized spacial score (nSPS) is 19.7. The molecule has 1 aliphatic heterocycles. The highest BCUT2D eigenvalue weighted by Crippen LogP contribution is 2.43. The molecule has 4 rings (SSSR count). The number of hydrogen-bond donors (Lipinski definition) is 0. The summed E-state index contributed by atoms with van der Waals surface area (Å²) in [6, 6.07) is 22.1. The minimum absolute atomic E-state index is 0.266. The first-order valence-electron chi connectivity index (χ1n) is 8.74. The summed E-state index contributed by atoms with van der Waals surface area (Å²) in [5.41, 5.74) is 1.42. The van der Waals surface area contributed by atoms with Crippen molar-refractivity contribution in [1.29, 1.82) is 0 Å². The summed E-state index contributed by atoms with van der Waals surface area (Å²) in [4.78, 5) is 14.3. The van der Waals surface area contributed by atoms with Crippen LogP contribution in [0.3, 0.4) is 0 Å². The highest BCUT2D eigenvalue weighted by atomic mass is 35.5. The van der Waals surface area contributed by atoms with E-state index in [1.807, 2.05) is 0 Å². The average molecular weight is 444 g/mol. The first kappa shape index (κ1) is 19.7. The van der Waals surface area contributed by atoms with Crippen LogP contribution in [-0.4, -0.2) is 14.3 Å². The zero-order chi connectivity index (χ0) is 20.6. The van der Waals surface area contributed by atoms with E-state index in [9.17, 15) is 13.2 Å². The molecule has 1 aliphatic rings. The van der Waals surface area contributed by atoms with Gasteiger partial charge >= 0.3 is 0 Å². The Morgan fingerprint density at radius 3 is 2.10 bits per heavy atom. The molecule has 1 amide bonds. The lowest BCUT2D eigenvalue weighted by atomic mass is 10.1. The summed E-state index contributed by atoms with van der Waals surface area (Å²) >= 11 is 12.1. The molecule has 1 saturated heterocycles. The molecule has 1 atom stereocenters. The lowest BCUT2D eigenvalue weighted by Gasteiger charge is -2.23. The van der Waals surface area contributed by atoms with Gasteiger partial charge in [0.15, 0.2) is 5.37 Å². The third-order valence-electron chi connectivity index (χ3n) is 4.63. The Bertz CT molecular complexity index is 1210. The number of halogens is 2. The number of para-hydroxylation sites is 1. The Morgan fingerprint density at radius 2 is 1.48 bits per heavy atom. The predicted octanol–water partition coefficient (Wildman–Crippen LogP) is 5.49. The van der Waals surface area contributed by atoms with Gasteiger partial charge in [0.25, 0.3) is 5.91 Å². The minimum atomic E-state index is -4.01. The van der Waals surface area contributed by atoms with E-state index in [0.717, 1.165) is 0 Å². The summed E-state index contributed by atoms with van der Waals surface area (Å²) in [7, 11) is -4.01. The zero-order valence-corrected chi connectivity index (χ0v) is 17.3. The van der Waals surface area contributed by atoms with Gasteiger partial charge in [-0.15, -0.1) is 0 Å². The number of hydrogen-bond acceptors (Lipinski definition) is 3. The Hall–Kier alpha value is -2.60. The van der Waals surface area contributed by atoms with E-state index in [1.54, 1.807) is 72.8 Å². The molecule has 3 aromatic rings. The van der Waals surface area contributed by atoms with Crippen LogP contribution in [0.15, 0.2) is 83.8 Å². The van der Waals surface area contributed by atoms with Crippen molar-refractivity contribution in [3.63, 3.8) is 0 Å². The zero-order valence-electron chi connectivity index (χ0n) is 15.0. The van der Waals surface area contributed by atoms with Crippen molar-refractivity contribution >= 4 is 50.7 Å². The van der Waals surface area contributed by atoms with Gasteiger partial charge in [0.2, 0.25) is 9.84 Å². The predicted molar refractivity (Wildman–Crippen MR) is 116 cm³/mol. The lowest BCUT2D eigenvalue weighted by molar-refractivity contribution is -0.114. The lowest BCUT2D eigenvalue weighted by Crippen LogP contribution is -2.28. The first-order chi connectivity index (χ1) is 13.9. The molecule has 0 N–H and O–H groups in total. The topological polar surface area (TPSA) is 54.5 Å². The van der Waals surface area contributed by atoms with Gasteiger partial charge in [-0.1, -0.05) is 77.8 Å². The van der Waals surface area contributed by atoms with Gasteiger partial charge in [0.05, 0.1) is 0 Å². The smallest absolute Gasteiger partial charge is 0.271 e. The van der Waals surface area contributed by atoms with Gasteiger partial charge in [-0.25, -0.2) is 8.42 Å². The summed E-state index contributed by atoms with van der Waals surface area (Å²) in [6.45, 7) is 0. The summed E-state index contributed by atoms with van der Waals surface area (Å²) < 4.78 is 26.9. The van der Waals surface area contributed by atoms with Crippen molar-refractivity contribution in [2.75, 3.05) is 4.90 Å². The number of amides is 1. The number of rotatable bonds is 3. The van der Waals surface area contributed by atoms with Crippen molar-refractivity contribution in [2.45, 2.75) is 5.37 Å². The fourth-order valence-electron chi connectivity index (χ4n) is 3.30. The summed E-state index contributed by atoms with van der Waals surface area (Å²) in [5.74, 6) is -0.601. The van der Waals surface area contributed by atoms with E-state index in [0.29, 0.717) is 21.8 Å². The van der Waals surface area contributed by atoms with Gasteiger partial charge in [0, 0.05) is 15.7 Å². The average Bonchev–Trinajstić information content (AvgIpc) is 2.91. The summed E-state index contributed by atoms with van der Waals surface area (Å²) in [6.07, 6.45) is 1.31. The molecule has 0 spiro atoms. The molecule has 7 heteroatoms. The van der Waals surface area contributed by atoms with Crippen LogP contribution in [0.4, 0.5) is 5.69 Å². The number of anilines is 1. The van der Waals surface area contributed by atoms with E-state index >= 15 is 0 Å². The van der Waals surface area contributed by atoms with E-state index in [4.69, 9.17) is 23.2 Å². The van der Waals surface area contributed by atoms with Crippen LogP contribution < -0.4 is 4.90 Å². The van der Waals surface area contributed by atoms with Gasteiger partial charge < -0.3 is 0 Å². The highest BCUT2D eigenvalue weighted by Gasteiger charge is 2.50. The summed E-state index contributed by atoms with van der Waals surface area (Å²) in [5, 5.41) is -0.468. The largest absolute Gasteiger partial charge is 0.286 e. The van der Waals surface area contributed by atoms with Crippen molar-refractivity contribution in [2.24, 2.45) is 0 Å². The molecule has 29 heavy (non-hydrogen) atoms. The van der Waals surface area contributed by atoms with Crippen molar-refractivity contribution in [1.82, 2.24) is 0 Å². The van der Waals surface area contributed by atoms with E-state index in [1.165, 1.54) is 17.0 Å². The molecule has 0 saturated carbocycles. The van der Waals surface area contributed by atoms with Crippen LogP contribution in [0.5, 0.6) is 0 Å². The first-order valence-corrected chi connectivity index (χ1v) is 11.0. The second-order valence-corrected chi connectivity index (χ2v) is 9.31. The van der Waals surface area contributed by atoms with Crippen molar-refractivity contribution in [3.8, 4) is 0 Å². The van der Waals surface area contributed by atoms with Gasteiger partial charge in [0.1, 0.15) is 4.91 Å². The molecular weight excluding hydrogens is 429 g/mol. The fraction of sp³-hybridized carbons (Fsp3) is 0.0455.